The number of rotatable bonds is 5. The molecule has 2 N–H and O–H groups in total. The monoisotopic (exact) mass is 395 g/mol. The van der Waals surface area contributed by atoms with Crippen LogP contribution in [-0.4, -0.2) is 28.5 Å². The maximum Gasteiger partial charge on any atom is 0.416 e. The van der Waals surface area contributed by atoms with E-state index in [-0.39, 0.29) is 11.9 Å². The number of halogens is 3. The number of nitrogens with one attached hydrogen (secondary N) is 2. The van der Waals surface area contributed by atoms with E-state index in [0.717, 1.165) is 25.0 Å². The van der Waals surface area contributed by atoms with Crippen LogP contribution in [0.4, 0.5) is 13.2 Å². The number of allylic oxidation sites excluding steroid dienone is 1. The molecule has 1 saturated carbocycles. The van der Waals surface area contributed by atoms with Crippen LogP contribution < -0.4 is 10.6 Å². The number of nitrogens with zero attached hydrogens (tertiary/aromatic N) is 1. The van der Waals surface area contributed by atoms with Crippen molar-refractivity contribution in [3.05, 3.63) is 59.3 Å². The van der Waals surface area contributed by atoms with Gasteiger partial charge >= 0.3 is 6.18 Å². The molecule has 2 aliphatic rings. The Bertz CT molecular complexity index is 797. The van der Waals surface area contributed by atoms with Crippen LogP contribution in [0.1, 0.15) is 36.9 Å². The number of hydrogen-bond donors (Lipinski definition) is 2. The summed E-state index contributed by atoms with van der Waals surface area (Å²) in [5, 5.41) is 6.45. The largest absolute Gasteiger partial charge is 0.416 e. The fraction of sp³-hybridized carbons (Fsp3) is 0.368. The Morgan fingerprint density at radius 1 is 1.37 bits per heavy atom. The Balaban J connectivity index is 1.99. The van der Waals surface area contributed by atoms with Gasteiger partial charge in [0.1, 0.15) is 0 Å². The fourth-order valence-corrected chi connectivity index (χ4v) is 3.36. The van der Waals surface area contributed by atoms with E-state index in [1.807, 2.05) is 0 Å². The predicted molar refractivity (Wildman–Crippen MR) is 101 cm³/mol. The Morgan fingerprint density at radius 3 is 2.52 bits per heavy atom. The molecule has 144 valence electrons. The van der Waals surface area contributed by atoms with Gasteiger partial charge in [-0.1, -0.05) is 18.2 Å². The maximum atomic E-state index is 12.9. The van der Waals surface area contributed by atoms with Gasteiger partial charge in [0, 0.05) is 18.3 Å². The summed E-state index contributed by atoms with van der Waals surface area (Å²) in [6.45, 7) is 5.92. The minimum absolute atomic E-state index is 0.160. The van der Waals surface area contributed by atoms with E-state index in [9.17, 15) is 18.0 Å². The van der Waals surface area contributed by atoms with E-state index in [2.05, 4.69) is 17.2 Å². The Labute approximate surface area is 161 Å². The average molecular weight is 395 g/mol. The van der Waals surface area contributed by atoms with Gasteiger partial charge < -0.3 is 15.5 Å². The first-order chi connectivity index (χ1) is 12.7. The number of thiocarbonyl (C=S) groups is 1. The van der Waals surface area contributed by atoms with Crippen molar-refractivity contribution in [3.8, 4) is 0 Å². The molecule has 1 heterocycles. The molecule has 0 unspecified atom stereocenters. The fourth-order valence-electron chi connectivity index (χ4n) is 3.03. The quantitative estimate of drug-likeness (QED) is 0.590. The lowest BCUT2D eigenvalue weighted by atomic mass is 9.93. The van der Waals surface area contributed by atoms with Gasteiger partial charge in [0.25, 0.3) is 5.91 Å². The van der Waals surface area contributed by atoms with Crippen molar-refractivity contribution < 1.29 is 18.0 Å². The lowest BCUT2D eigenvalue weighted by Gasteiger charge is -2.37. The van der Waals surface area contributed by atoms with Crippen LogP contribution in [-0.2, 0) is 11.0 Å². The second kappa shape index (κ2) is 7.34. The maximum absolute atomic E-state index is 12.9. The molecule has 4 nitrogen and oxygen atoms in total. The first-order valence-electron chi connectivity index (χ1n) is 8.60. The highest BCUT2D eigenvalue weighted by atomic mass is 32.1. The Morgan fingerprint density at radius 2 is 2.00 bits per heavy atom. The third-order valence-corrected chi connectivity index (χ3v) is 4.97. The van der Waals surface area contributed by atoms with Crippen molar-refractivity contribution in [2.45, 2.75) is 38.0 Å². The van der Waals surface area contributed by atoms with Crippen molar-refractivity contribution in [2.75, 3.05) is 6.54 Å². The number of alkyl halides is 3. The minimum Gasteiger partial charge on any atom is -0.351 e. The van der Waals surface area contributed by atoms with E-state index in [0.29, 0.717) is 28.5 Å². The lowest BCUT2D eigenvalue weighted by molar-refractivity contribution is -0.137. The standard InChI is InChI=1S/C19H20F3N3OS/c1-3-10-25-11(2)15(17(26)23-14-8-9-14)16(24-18(25)27)12-4-6-13(7-5-12)19(20,21)22/h3-7,14,16H,1,8-10H2,2H3,(H,23,26)(H,24,27)/t16-/m1/s1. The molecule has 1 aliphatic carbocycles. The van der Waals surface area contributed by atoms with Crippen molar-refractivity contribution in [1.29, 1.82) is 0 Å². The van der Waals surface area contributed by atoms with Gasteiger partial charge in [-0.05, 0) is 49.7 Å². The van der Waals surface area contributed by atoms with Crippen molar-refractivity contribution in [1.82, 2.24) is 15.5 Å². The van der Waals surface area contributed by atoms with E-state index >= 15 is 0 Å². The predicted octanol–water partition coefficient (Wildman–Crippen LogP) is 3.68. The molecule has 1 amide bonds. The summed E-state index contributed by atoms with van der Waals surface area (Å²) in [5.41, 5.74) is 0.935. The second-order valence-electron chi connectivity index (χ2n) is 6.65. The molecule has 0 radical (unpaired) electrons. The Kier molecular flexibility index (Phi) is 5.28. The van der Waals surface area contributed by atoms with Crippen LogP contribution in [0.3, 0.4) is 0 Å². The number of carbonyl (C=O) groups is 1. The van der Waals surface area contributed by atoms with Gasteiger partial charge in [0.2, 0.25) is 0 Å². The van der Waals surface area contributed by atoms with E-state index in [1.54, 1.807) is 17.9 Å². The highest BCUT2D eigenvalue weighted by molar-refractivity contribution is 7.80. The molecule has 1 atom stereocenters. The molecule has 0 spiro atoms. The normalized spacial score (nSPS) is 20.4. The zero-order valence-electron chi connectivity index (χ0n) is 14.8. The van der Waals surface area contributed by atoms with Gasteiger partial charge in [0.05, 0.1) is 17.2 Å². The minimum atomic E-state index is -4.41. The lowest BCUT2D eigenvalue weighted by Crippen LogP contribution is -2.49. The third-order valence-electron chi connectivity index (χ3n) is 4.64. The van der Waals surface area contributed by atoms with E-state index in [4.69, 9.17) is 12.2 Å². The summed E-state index contributed by atoms with van der Waals surface area (Å²) < 4.78 is 38.6. The topological polar surface area (TPSA) is 44.4 Å². The Hall–Kier alpha value is -2.35. The van der Waals surface area contributed by atoms with Crippen LogP contribution in [0.25, 0.3) is 0 Å². The molecular formula is C19H20F3N3OS. The molecule has 0 saturated heterocycles. The highest BCUT2D eigenvalue weighted by Crippen LogP contribution is 2.34. The molecule has 8 heteroatoms. The molecule has 1 aromatic carbocycles. The van der Waals surface area contributed by atoms with Crippen LogP contribution in [0.2, 0.25) is 0 Å². The van der Waals surface area contributed by atoms with Crippen molar-refractivity contribution in [2.24, 2.45) is 0 Å². The summed E-state index contributed by atoms with van der Waals surface area (Å²) in [6, 6.07) is 4.34. The molecule has 1 aromatic rings. The summed E-state index contributed by atoms with van der Waals surface area (Å²) in [5.74, 6) is -0.232. The number of benzene rings is 1. The number of amides is 1. The number of hydrogen-bond acceptors (Lipinski definition) is 2. The van der Waals surface area contributed by atoms with Gasteiger partial charge in [-0.25, -0.2) is 0 Å². The van der Waals surface area contributed by atoms with Crippen LogP contribution in [0.15, 0.2) is 48.2 Å². The van der Waals surface area contributed by atoms with Crippen molar-refractivity contribution >= 4 is 23.2 Å². The molecule has 0 bridgehead atoms. The zero-order valence-corrected chi connectivity index (χ0v) is 15.6. The molecule has 1 aliphatic heterocycles. The zero-order chi connectivity index (χ0) is 19.8. The average Bonchev–Trinajstić information content (AvgIpc) is 3.41. The van der Waals surface area contributed by atoms with Crippen LogP contribution >= 0.6 is 12.2 Å². The summed E-state index contributed by atoms with van der Waals surface area (Å²) in [4.78, 5) is 14.6. The molecule has 0 aromatic heterocycles. The first kappa shape index (κ1) is 19.4. The third kappa shape index (κ3) is 4.16. The second-order valence-corrected chi connectivity index (χ2v) is 7.04. The van der Waals surface area contributed by atoms with Gasteiger partial charge in [-0.15, -0.1) is 6.58 Å². The summed E-state index contributed by atoms with van der Waals surface area (Å²) in [7, 11) is 0. The molecule has 1 fully saturated rings. The van der Waals surface area contributed by atoms with Crippen LogP contribution in [0, 0.1) is 0 Å². The van der Waals surface area contributed by atoms with E-state index < -0.39 is 17.8 Å². The van der Waals surface area contributed by atoms with Crippen molar-refractivity contribution in [3.63, 3.8) is 0 Å². The number of carbonyl (C=O) groups excluding carboxylic acids is 1. The molecule has 27 heavy (non-hydrogen) atoms. The smallest absolute Gasteiger partial charge is 0.351 e. The summed E-state index contributed by atoms with van der Waals surface area (Å²) >= 11 is 5.39. The van der Waals surface area contributed by atoms with E-state index in [1.165, 1.54) is 12.1 Å². The van der Waals surface area contributed by atoms with Gasteiger partial charge in [-0.2, -0.15) is 13.2 Å². The first-order valence-corrected chi connectivity index (χ1v) is 9.01. The molecular weight excluding hydrogens is 375 g/mol. The highest BCUT2D eigenvalue weighted by Gasteiger charge is 2.36. The van der Waals surface area contributed by atoms with Gasteiger partial charge in [-0.3, -0.25) is 4.79 Å². The molecule has 3 rings (SSSR count). The van der Waals surface area contributed by atoms with Crippen LogP contribution in [0.5, 0.6) is 0 Å². The summed E-state index contributed by atoms with van der Waals surface area (Å²) in [6.07, 6.45) is -0.866. The van der Waals surface area contributed by atoms with Gasteiger partial charge in [0.15, 0.2) is 5.11 Å². The SMILES string of the molecule is C=CCN1C(=S)N[C@H](c2ccc(C(F)(F)F)cc2)C(C(=O)NC2CC2)=C1C.